The molecule has 1 N–H and O–H groups in total. The molecule has 0 amide bonds. The predicted molar refractivity (Wildman–Crippen MR) is 82.5 cm³/mol. The summed E-state index contributed by atoms with van der Waals surface area (Å²) < 4.78 is 1.15. The van der Waals surface area contributed by atoms with Crippen LogP contribution in [-0.4, -0.2) is 11.5 Å². The van der Waals surface area contributed by atoms with Crippen molar-refractivity contribution in [2.45, 2.75) is 32.2 Å². The molecule has 2 heterocycles. The molecule has 0 saturated heterocycles. The molecule has 0 aromatic carbocycles. The van der Waals surface area contributed by atoms with Gasteiger partial charge in [0.15, 0.2) is 0 Å². The minimum Gasteiger partial charge on any atom is -0.309 e. The van der Waals surface area contributed by atoms with E-state index in [0.29, 0.717) is 6.04 Å². The summed E-state index contributed by atoms with van der Waals surface area (Å²) in [5.74, 6) is 0. The predicted octanol–water partition coefficient (Wildman–Crippen LogP) is 4.62. The largest absolute Gasteiger partial charge is 0.309 e. The van der Waals surface area contributed by atoms with Gasteiger partial charge >= 0.3 is 0 Å². The van der Waals surface area contributed by atoms with Crippen LogP contribution in [0.5, 0.6) is 0 Å². The second kappa shape index (κ2) is 5.41. The Balaban J connectivity index is 1.95. The molecule has 0 fully saturated rings. The van der Waals surface area contributed by atoms with Crippen LogP contribution in [0.15, 0.2) is 15.9 Å². The van der Waals surface area contributed by atoms with Crippen LogP contribution in [0.25, 0.3) is 9.88 Å². The Labute approximate surface area is 124 Å². The summed E-state index contributed by atoms with van der Waals surface area (Å²) in [6.45, 7) is 3.20. The third-order valence-electron chi connectivity index (χ3n) is 3.18. The van der Waals surface area contributed by atoms with Crippen LogP contribution in [0.4, 0.5) is 0 Å². The smallest absolute Gasteiger partial charge is 0.133 e. The summed E-state index contributed by atoms with van der Waals surface area (Å²) in [6, 6.07) is 2.69. The van der Waals surface area contributed by atoms with E-state index in [9.17, 15) is 0 Å². The summed E-state index contributed by atoms with van der Waals surface area (Å²) in [6.07, 6.45) is 3.64. The lowest BCUT2D eigenvalue weighted by atomic mass is 9.98. The molecule has 1 atom stereocenters. The van der Waals surface area contributed by atoms with E-state index in [1.807, 2.05) is 11.3 Å². The number of halogens is 1. The van der Waals surface area contributed by atoms with Gasteiger partial charge in [0.1, 0.15) is 5.01 Å². The van der Waals surface area contributed by atoms with Crippen molar-refractivity contribution >= 4 is 38.6 Å². The van der Waals surface area contributed by atoms with Crippen molar-refractivity contribution in [2.75, 3.05) is 6.54 Å². The molecule has 2 aromatic heterocycles. The molecule has 2 nitrogen and oxygen atoms in total. The van der Waals surface area contributed by atoms with Gasteiger partial charge in [0.25, 0.3) is 0 Å². The number of hydrogen-bond donors (Lipinski definition) is 1. The number of fused-ring (bicyclic) bond motifs is 1. The summed E-state index contributed by atoms with van der Waals surface area (Å²) in [5, 5.41) is 6.88. The molecule has 18 heavy (non-hydrogen) atoms. The number of thiazole rings is 1. The van der Waals surface area contributed by atoms with Gasteiger partial charge in [-0.15, -0.1) is 22.7 Å². The van der Waals surface area contributed by atoms with E-state index in [4.69, 9.17) is 4.98 Å². The molecule has 0 bridgehead atoms. The minimum absolute atomic E-state index is 0.522. The summed E-state index contributed by atoms with van der Waals surface area (Å²) in [5.41, 5.74) is 1.32. The van der Waals surface area contributed by atoms with E-state index in [1.54, 1.807) is 11.3 Å². The highest BCUT2D eigenvalue weighted by molar-refractivity contribution is 9.10. The summed E-state index contributed by atoms with van der Waals surface area (Å²) in [4.78, 5) is 7.57. The fourth-order valence-corrected chi connectivity index (χ4v) is 5.10. The number of hydrogen-bond acceptors (Lipinski definition) is 4. The van der Waals surface area contributed by atoms with E-state index >= 15 is 0 Å². The fraction of sp³-hybridized carbons (Fsp3) is 0.462. The molecule has 0 saturated carbocycles. The topological polar surface area (TPSA) is 24.9 Å². The van der Waals surface area contributed by atoms with Crippen LogP contribution >= 0.6 is 38.6 Å². The van der Waals surface area contributed by atoms with Crippen LogP contribution in [0.3, 0.4) is 0 Å². The minimum atomic E-state index is 0.522. The molecule has 1 aliphatic rings. The van der Waals surface area contributed by atoms with E-state index in [-0.39, 0.29) is 0 Å². The maximum Gasteiger partial charge on any atom is 0.133 e. The van der Waals surface area contributed by atoms with Gasteiger partial charge in [-0.05, 0) is 47.8 Å². The third kappa shape index (κ3) is 2.41. The average Bonchev–Trinajstić information content (AvgIpc) is 2.95. The number of thiophene rings is 1. The van der Waals surface area contributed by atoms with E-state index in [2.05, 4.69) is 39.6 Å². The number of rotatable bonds is 3. The van der Waals surface area contributed by atoms with E-state index in [1.165, 1.54) is 33.3 Å². The van der Waals surface area contributed by atoms with Gasteiger partial charge in [0, 0.05) is 20.8 Å². The van der Waals surface area contributed by atoms with Crippen molar-refractivity contribution in [3.63, 3.8) is 0 Å². The Morgan fingerprint density at radius 3 is 3.17 bits per heavy atom. The van der Waals surface area contributed by atoms with Gasteiger partial charge in [-0.1, -0.05) is 6.92 Å². The molecule has 1 unspecified atom stereocenters. The van der Waals surface area contributed by atoms with E-state index < -0.39 is 0 Å². The molecular weight excluding hydrogens is 328 g/mol. The lowest BCUT2D eigenvalue weighted by molar-refractivity contribution is 0.476. The van der Waals surface area contributed by atoms with Crippen LogP contribution < -0.4 is 5.32 Å². The second-order valence-electron chi connectivity index (χ2n) is 4.46. The standard InChI is InChI=1S/C13H15BrN2S2/c1-2-15-9-4-3-5-10-12(9)18-13(16-10)11-6-8(14)7-17-11/h6-7,9,15H,2-5H2,1H3. The van der Waals surface area contributed by atoms with Crippen molar-refractivity contribution in [2.24, 2.45) is 0 Å². The van der Waals surface area contributed by atoms with Gasteiger partial charge in [-0.2, -0.15) is 0 Å². The van der Waals surface area contributed by atoms with Crippen molar-refractivity contribution in [3.8, 4) is 9.88 Å². The first-order chi connectivity index (χ1) is 8.78. The van der Waals surface area contributed by atoms with Gasteiger partial charge < -0.3 is 5.32 Å². The Morgan fingerprint density at radius 1 is 1.56 bits per heavy atom. The van der Waals surface area contributed by atoms with Gasteiger partial charge in [-0.25, -0.2) is 4.98 Å². The maximum atomic E-state index is 4.83. The zero-order valence-corrected chi connectivity index (χ0v) is 13.4. The number of aryl methyl sites for hydroxylation is 1. The number of nitrogens with one attached hydrogen (secondary N) is 1. The van der Waals surface area contributed by atoms with Crippen LogP contribution in [0.2, 0.25) is 0 Å². The highest BCUT2D eigenvalue weighted by Crippen LogP contribution is 2.40. The Hall–Kier alpha value is -0.230. The van der Waals surface area contributed by atoms with Crippen LogP contribution in [-0.2, 0) is 6.42 Å². The van der Waals surface area contributed by atoms with Crippen molar-refractivity contribution in [1.82, 2.24) is 10.3 Å². The highest BCUT2D eigenvalue weighted by Gasteiger charge is 2.24. The average molecular weight is 343 g/mol. The molecule has 3 rings (SSSR count). The molecule has 96 valence electrons. The normalized spacial score (nSPS) is 18.9. The SMILES string of the molecule is CCNC1CCCc2nc(-c3cc(Br)cs3)sc21. The third-order valence-corrected chi connectivity index (χ3v) is 6.25. The molecule has 0 spiro atoms. The maximum absolute atomic E-state index is 4.83. The molecule has 5 heteroatoms. The Morgan fingerprint density at radius 2 is 2.44 bits per heavy atom. The second-order valence-corrected chi connectivity index (χ2v) is 7.32. The van der Waals surface area contributed by atoms with Crippen molar-refractivity contribution < 1.29 is 0 Å². The first kappa shape index (κ1) is 12.8. The highest BCUT2D eigenvalue weighted by atomic mass is 79.9. The monoisotopic (exact) mass is 342 g/mol. The van der Waals surface area contributed by atoms with Gasteiger partial charge in [0.2, 0.25) is 0 Å². The molecule has 2 aromatic rings. The van der Waals surface area contributed by atoms with Crippen LogP contribution in [0.1, 0.15) is 36.4 Å². The zero-order valence-electron chi connectivity index (χ0n) is 10.2. The molecule has 0 radical (unpaired) electrons. The van der Waals surface area contributed by atoms with Crippen molar-refractivity contribution in [1.29, 1.82) is 0 Å². The molecule has 0 aliphatic heterocycles. The number of aromatic nitrogens is 1. The van der Waals surface area contributed by atoms with Crippen molar-refractivity contribution in [3.05, 3.63) is 26.5 Å². The number of nitrogens with zero attached hydrogens (tertiary/aromatic N) is 1. The van der Waals surface area contributed by atoms with Gasteiger partial charge in [0.05, 0.1) is 10.6 Å². The Bertz CT molecular complexity index is 547. The zero-order chi connectivity index (χ0) is 12.5. The fourth-order valence-electron chi connectivity index (χ4n) is 2.39. The molecule has 1 aliphatic carbocycles. The lowest BCUT2D eigenvalue weighted by Crippen LogP contribution is -2.23. The quantitative estimate of drug-likeness (QED) is 0.880. The lowest BCUT2D eigenvalue weighted by Gasteiger charge is -2.21. The molecular formula is C13H15BrN2S2. The Kier molecular flexibility index (Phi) is 3.84. The first-order valence-electron chi connectivity index (χ1n) is 6.25. The summed E-state index contributed by atoms with van der Waals surface area (Å²) in [7, 11) is 0. The van der Waals surface area contributed by atoms with E-state index in [0.717, 1.165) is 17.4 Å². The van der Waals surface area contributed by atoms with Gasteiger partial charge in [-0.3, -0.25) is 0 Å². The summed E-state index contributed by atoms with van der Waals surface area (Å²) >= 11 is 7.14. The van der Waals surface area contributed by atoms with Crippen LogP contribution in [0, 0.1) is 0 Å². The first-order valence-corrected chi connectivity index (χ1v) is 8.74.